The second-order valence-corrected chi connectivity index (χ2v) is 6.34. The molecule has 0 fully saturated rings. The van der Waals surface area contributed by atoms with Gasteiger partial charge in [0.2, 0.25) is 0 Å². The largest absolute Gasteiger partial charge is 0.314 e. The minimum absolute atomic E-state index is 0.845. The van der Waals surface area contributed by atoms with E-state index in [-0.39, 0.29) is 0 Å². The highest BCUT2D eigenvalue weighted by atomic mass is 32.1. The Bertz CT molecular complexity index is 940. The molecule has 0 atom stereocenters. The van der Waals surface area contributed by atoms with Gasteiger partial charge in [-0.2, -0.15) is 0 Å². The van der Waals surface area contributed by atoms with Crippen molar-refractivity contribution in [3.05, 3.63) is 47.3 Å². The molecule has 2 aromatic heterocycles. The molecular formula is C17H12N4S. The third-order valence-electron chi connectivity index (χ3n) is 4.00. The van der Waals surface area contributed by atoms with Crippen molar-refractivity contribution in [2.45, 2.75) is 0 Å². The van der Waals surface area contributed by atoms with E-state index in [2.05, 4.69) is 39.2 Å². The summed E-state index contributed by atoms with van der Waals surface area (Å²) in [6.45, 7) is 1.77. The molecule has 0 radical (unpaired) electrons. The summed E-state index contributed by atoms with van der Waals surface area (Å²) in [4.78, 5) is 18.4. The van der Waals surface area contributed by atoms with Gasteiger partial charge >= 0.3 is 0 Å². The summed E-state index contributed by atoms with van der Waals surface area (Å²) in [6, 6.07) is 14.5. The molecule has 5 heteroatoms. The molecule has 0 saturated carbocycles. The molecule has 22 heavy (non-hydrogen) atoms. The van der Waals surface area contributed by atoms with E-state index in [1.807, 2.05) is 24.5 Å². The van der Waals surface area contributed by atoms with Crippen LogP contribution >= 0.6 is 11.3 Å². The number of fused-ring (bicyclic) bond motifs is 5. The number of aliphatic imine (C=N–C) groups is 2. The maximum Gasteiger partial charge on any atom is 0.148 e. The number of hydrogen-bond acceptors (Lipinski definition) is 5. The van der Waals surface area contributed by atoms with Gasteiger partial charge in [0.1, 0.15) is 10.7 Å². The van der Waals surface area contributed by atoms with Crippen molar-refractivity contribution in [2.24, 2.45) is 9.98 Å². The van der Waals surface area contributed by atoms with Crippen LogP contribution in [0.3, 0.4) is 0 Å². The summed E-state index contributed by atoms with van der Waals surface area (Å²) < 4.78 is 0. The van der Waals surface area contributed by atoms with Gasteiger partial charge in [-0.05, 0) is 12.1 Å². The topological polar surface area (TPSA) is 40.9 Å². The Balaban J connectivity index is 1.71. The zero-order valence-electron chi connectivity index (χ0n) is 11.7. The molecule has 0 aliphatic carbocycles. The summed E-state index contributed by atoms with van der Waals surface area (Å²) in [5, 5.41) is 1.12. The summed E-state index contributed by atoms with van der Waals surface area (Å²) >= 11 is 1.69. The first kappa shape index (κ1) is 12.1. The van der Waals surface area contributed by atoms with Crippen LogP contribution in [0.1, 0.15) is 4.88 Å². The van der Waals surface area contributed by atoms with Crippen molar-refractivity contribution in [1.29, 1.82) is 0 Å². The predicted octanol–water partition coefficient (Wildman–Crippen LogP) is 3.70. The van der Waals surface area contributed by atoms with Gasteiger partial charge in [0.05, 0.1) is 29.1 Å². The normalized spacial score (nSPS) is 15.8. The smallest absolute Gasteiger partial charge is 0.148 e. The third kappa shape index (κ3) is 1.66. The van der Waals surface area contributed by atoms with Gasteiger partial charge in [-0.3, -0.25) is 4.99 Å². The monoisotopic (exact) mass is 304 g/mol. The zero-order chi connectivity index (χ0) is 14.5. The average molecular weight is 304 g/mol. The van der Waals surface area contributed by atoms with Gasteiger partial charge in [-0.1, -0.05) is 30.3 Å². The van der Waals surface area contributed by atoms with E-state index < -0.39 is 0 Å². The number of nitrogens with zero attached hydrogens (tertiary/aromatic N) is 4. The molecule has 0 bridgehead atoms. The second kappa shape index (κ2) is 4.48. The van der Waals surface area contributed by atoms with Crippen LogP contribution in [0, 0.1) is 0 Å². The Morgan fingerprint density at radius 2 is 1.95 bits per heavy atom. The Hall–Kier alpha value is -2.53. The lowest BCUT2D eigenvalue weighted by Gasteiger charge is -2.17. The lowest BCUT2D eigenvalue weighted by atomic mass is 10.1. The maximum absolute atomic E-state index is 4.84. The quantitative estimate of drug-likeness (QED) is 0.688. The van der Waals surface area contributed by atoms with E-state index >= 15 is 0 Å². The number of hydrogen-bond donors (Lipinski definition) is 0. The molecule has 4 nitrogen and oxygen atoms in total. The molecule has 4 heterocycles. The Morgan fingerprint density at radius 3 is 2.86 bits per heavy atom. The fraction of sp³-hybridized carbons (Fsp3) is 0.118. The molecule has 2 aliphatic rings. The van der Waals surface area contributed by atoms with E-state index in [1.54, 1.807) is 11.3 Å². The molecule has 0 N–H and O–H groups in total. The molecule has 0 saturated heterocycles. The van der Waals surface area contributed by atoms with Crippen molar-refractivity contribution in [3.8, 4) is 11.3 Å². The van der Waals surface area contributed by atoms with E-state index in [9.17, 15) is 0 Å². The molecule has 0 amide bonds. The van der Waals surface area contributed by atoms with Crippen molar-refractivity contribution in [3.63, 3.8) is 0 Å². The minimum atomic E-state index is 0.845. The zero-order valence-corrected chi connectivity index (χ0v) is 12.5. The number of amidine groups is 1. The fourth-order valence-corrected chi connectivity index (χ4v) is 4.06. The molecule has 5 rings (SSSR count). The van der Waals surface area contributed by atoms with E-state index in [1.165, 1.54) is 0 Å². The van der Waals surface area contributed by atoms with Gasteiger partial charge < -0.3 is 4.90 Å². The van der Waals surface area contributed by atoms with Crippen LogP contribution in [-0.4, -0.2) is 35.1 Å². The van der Waals surface area contributed by atoms with E-state index in [0.29, 0.717) is 0 Å². The lowest BCUT2D eigenvalue weighted by Crippen LogP contribution is -2.28. The first-order chi connectivity index (χ1) is 10.9. The summed E-state index contributed by atoms with van der Waals surface area (Å²) in [7, 11) is 0. The molecule has 2 aliphatic heterocycles. The standard InChI is InChI=1S/C17H12N4S/c1-2-4-11(5-3-1)13-7-6-12-14-15(22-17(12)20-13)16-18-8-9-21(16)10-19-14/h1-7,10H,8-9H2. The Morgan fingerprint density at radius 1 is 1.05 bits per heavy atom. The second-order valence-electron chi connectivity index (χ2n) is 5.34. The van der Waals surface area contributed by atoms with Gasteiger partial charge in [-0.25, -0.2) is 9.98 Å². The maximum atomic E-state index is 4.84. The number of thiophene rings is 1. The average Bonchev–Trinajstić information content (AvgIpc) is 3.18. The first-order valence-corrected chi connectivity index (χ1v) is 8.06. The summed E-state index contributed by atoms with van der Waals surface area (Å²) in [6.07, 6.45) is 1.89. The Kier molecular flexibility index (Phi) is 2.46. The van der Waals surface area contributed by atoms with Gasteiger partial charge in [-0.15, -0.1) is 11.3 Å². The van der Waals surface area contributed by atoms with Crippen molar-refractivity contribution >= 4 is 39.4 Å². The van der Waals surface area contributed by atoms with Crippen LogP contribution in [0.2, 0.25) is 0 Å². The van der Waals surface area contributed by atoms with Gasteiger partial charge in [0, 0.05) is 17.5 Å². The number of rotatable bonds is 1. The molecule has 0 spiro atoms. The molecule has 106 valence electrons. The summed E-state index contributed by atoms with van der Waals surface area (Å²) in [5.74, 6) is 1.05. The number of pyridine rings is 1. The highest BCUT2D eigenvalue weighted by molar-refractivity contribution is 7.21. The molecular weight excluding hydrogens is 292 g/mol. The molecule has 3 aromatic rings. The highest BCUT2D eigenvalue weighted by Crippen LogP contribution is 2.41. The predicted molar refractivity (Wildman–Crippen MR) is 91.3 cm³/mol. The van der Waals surface area contributed by atoms with E-state index in [0.717, 1.165) is 51.0 Å². The van der Waals surface area contributed by atoms with Gasteiger partial charge in [0.15, 0.2) is 0 Å². The third-order valence-corrected chi connectivity index (χ3v) is 5.09. The van der Waals surface area contributed by atoms with E-state index in [4.69, 9.17) is 4.98 Å². The van der Waals surface area contributed by atoms with Crippen LogP contribution in [0.5, 0.6) is 0 Å². The molecule has 1 aromatic carbocycles. The fourth-order valence-electron chi connectivity index (χ4n) is 2.92. The van der Waals surface area contributed by atoms with Crippen LogP contribution in [0.25, 0.3) is 21.5 Å². The van der Waals surface area contributed by atoms with Gasteiger partial charge in [0.25, 0.3) is 0 Å². The first-order valence-electron chi connectivity index (χ1n) is 7.25. The van der Waals surface area contributed by atoms with Crippen molar-refractivity contribution < 1.29 is 0 Å². The van der Waals surface area contributed by atoms with Crippen LogP contribution in [0.15, 0.2) is 52.4 Å². The number of benzene rings is 1. The SMILES string of the molecule is C1=Nc2c(sc3nc(-c4ccccc4)ccc23)C2=NCCN12. The minimum Gasteiger partial charge on any atom is -0.314 e. The van der Waals surface area contributed by atoms with Crippen LogP contribution < -0.4 is 0 Å². The highest BCUT2D eigenvalue weighted by Gasteiger charge is 2.27. The lowest BCUT2D eigenvalue weighted by molar-refractivity contribution is 0.682. The number of aromatic nitrogens is 1. The van der Waals surface area contributed by atoms with Crippen LogP contribution in [-0.2, 0) is 0 Å². The van der Waals surface area contributed by atoms with Crippen molar-refractivity contribution in [1.82, 2.24) is 9.88 Å². The summed E-state index contributed by atoms with van der Waals surface area (Å²) in [5.41, 5.74) is 3.16. The van der Waals surface area contributed by atoms with Crippen molar-refractivity contribution in [2.75, 3.05) is 13.1 Å². The molecule has 0 unspecified atom stereocenters. The van der Waals surface area contributed by atoms with Crippen LogP contribution in [0.4, 0.5) is 5.69 Å². The Labute approximate surface area is 131 Å².